The van der Waals surface area contributed by atoms with Crippen LogP contribution in [0, 0.1) is 5.92 Å². The first-order valence-corrected chi connectivity index (χ1v) is 7.37. The number of halogens is 1. The van der Waals surface area contributed by atoms with Gasteiger partial charge in [-0.2, -0.15) is 0 Å². The molecule has 1 atom stereocenters. The molecule has 2 heteroatoms. The van der Waals surface area contributed by atoms with Gasteiger partial charge in [-0.15, -0.1) is 0 Å². The summed E-state index contributed by atoms with van der Waals surface area (Å²) in [6, 6.07) is 16.0. The molecule has 0 fully saturated rings. The van der Waals surface area contributed by atoms with Crippen LogP contribution in [0.2, 0.25) is 0 Å². The molecule has 0 aliphatic rings. The van der Waals surface area contributed by atoms with Crippen molar-refractivity contribution >= 4 is 16.8 Å². The molecule has 2 aromatic rings. The third kappa shape index (κ3) is 3.71. The summed E-state index contributed by atoms with van der Waals surface area (Å²) < 4.78 is 0. The van der Waals surface area contributed by atoms with Crippen LogP contribution < -0.4 is 0 Å². The molecule has 1 nitrogen and oxygen atoms in total. The number of hydrogen-bond donors (Lipinski definition) is 0. The number of carbonyl (C=O) groups is 1. The summed E-state index contributed by atoms with van der Waals surface area (Å²) in [5.74, 6) is 0.717. The first-order valence-electron chi connectivity index (χ1n) is 6.99. The van der Waals surface area contributed by atoms with Crippen LogP contribution in [0.15, 0.2) is 48.5 Å². The first-order chi connectivity index (χ1) is 9.60. The van der Waals surface area contributed by atoms with Crippen LogP contribution in [0.3, 0.4) is 0 Å². The highest BCUT2D eigenvalue weighted by Gasteiger charge is 2.04. The molecular formula is C18H19ClO. The predicted octanol–water partition coefficient (Wildman–Crippen LogP) is 5.32. The predicted molar refractivity (Wildman–Crippen MR) is 85.2 cm³/mol. The molecule has 0 amide bonds. The van der Waals surface area contributed by atoms with E-state index in [-0.39, 0.29) is 0 Å². The Hall–Kier alpha value is -1.60. The van der Waals surface area contributed by atoms with E-state index in [0.717, 1.165) is 23.5 Å². The average Bonchev–Trinajstić information content (AvgIpc) is 2.48. The minimum Gasteiger partial charge on any atom is -0.276 e. The summed E-state index contributed by atoms with van der Waals surface area (Å²) in [4.78, 5) is 11.0. The van der Waals surface area contributed by atoms with E-state index in [2.05, 4.69) is 38.1 Å². The molecule has 0 spiro atoms. The van der Waals surface area contributed by atoms with Crippen LogP contribution in [-0.4, -0.2) is 5.24 Å². The standard InChI is InChI=1S/C18H19ClO/c1-3-13(2)12-14-4-6-15(7-5-14)16-8-10-17(11-9-16)18(19)20/h4-11,13H,3,12H2,1-2H3/t13-/m0/s1. The van der Waals surface area contributed by atoms with Crippen molar-refractivity contribution in [2.24, 2.45) is 5.92 Å². The van der Waals surface area contributed by atoms with Gasteiger partial charge in [0.25, 0.3) is 5.24 Å². The minimum absolute atomic E-state index is 0.416. The summed E-state index contributed by atoms with van der Waals surface area (Å²) in [5.41, 5.74) is 4.16. The zero-order valence-electron chi connectivity index (χ0n) is 11.9. The summed E-state index contributed by atoms with van der Waals surface area (Å²) in [6.45, 7) is 4.49. The van der Waals surface area contributed by atoms with E-state index in [1.807, 2.05) is 12.1 Å². The third-order valence-electron chi connectivity index (χ3n) is 3.68. The smallest absolute Gasteiger partial charge is 0.252 e. The molecule has 0 aromatic heterocycles. The fraction of sp³-hybridized carbons (Fsp3) is 0.278. The van der Waals surface area contributed by atoms with Gasteiger partial charge in [0.05, 0.1) is 0 Å². The molecule has 0 N–H and O–H groups in total. The van der Waals surface area contributed by atoms with Crippen molar-refractivity contribution in [1.82, 2.24) is 0 Å². The molecule has 20 heavy (non-hydrogen) atoms. The SMILES string of the molecule is CC[C@H](C)Cc1ccc(-c2ccc(C(=O)Cl)cc2)cc1. The largest absolute Gasteiger partial charge is 0.276 e. The van der Waals surface area contributed by atoms with Crippen molar-refractivity contribution < 1.29 is 4.79 Å². The molecule has 104 valence electrons. The molecule has 0 bridgehead atoms. The zero-order valence-corrected chi connectivity index (χ0v) is 12.7. The van der Waals surface area contributed by atoms with Gasteiger partial charge in [0.15, 0.2) is 0 Å². The molecule has 0 radical (unpaired) electrons. The highest BCUT2D eigenvalue weighted by molar-refractivity contribution is 6.67. The minimum atomic E-state index is -0.416. The van der Waals surface area contributed by atoms with E-state index in [1.165, 1.54) is 12.0 Å². The third-order valence-corrected chi connectivity index (χ3v) is 3.90. The Morgan fingerprint density at radius 2 is 1.50 bits per heavy atom. The Morgan fingerprint density at radius 1 is 1.00 bits per heavy atom. The quantitative estimate of drug-likeness (QED) is 0.680. The number of hydrogen-bond acceptors (Lipinski definition) is 1. The van der Waals surface area contributed by atoms with Crippen LogP contribution in [0.5, 0.6) is 0 Å². The monoisotopic (exact) mass is 286 g/mol. The van der Waals surface area contributed by atoms with Crippen LogP contribution in [0.4, 0.5) is 0 Å². The normalized spacial score (nSPS) is 12.2. The second-order valence-corrected chi connectivity index (χ2v) is 5.61. The van der Waals surface area contributed by atoms with Gasteiger partial charge in [-0.25, -0.2) is 0 Å². The summed E-state index contributed by atoms with van der Waals surface area (Å²) >= 11 is 5.45. The summed E-state index contributed by atoms with van der Waals surface area (Å²) in [6.07, 6.45) is 2.33. The number of benzene rings is 2. The van der Waals surface area contributed by atoms with Crippen molar-refractivity contribution in [2.45, 2.75) is 26.7 Å². The van der Waals surface area contributed by atoms with Crippen LogP contribution in [0.1, 0.15) is 36.2 Å². The van der Waals surface area contributed by atoms with Crippen LogP contribution >= 0.6 is 11.6 Å². The lowest BCUT2D eigenvalue weighted by atomic mass is 9.96. The molecule has 0 saturated carbocycles. The van der Waals surface area contributed by atoms with Crippen LogP contribution in [-0.2, 0) is 6.42 Å². The molecular weight excluding hydrogens is 268 g/mol. The van der Waals surface area contributed by atoms with E-state index >= 15 is 0 Å². The first kappa shape index (κ1) is 14.8. The summed E-state index contributed by atoms with van der Waals surface area (Å²) in [7, 11) is 0. The van der Waals surface area contributed by atoms with Crippen molar-refractivity contribution in [3.63, 3.8) is 0 Å². The maximum Gasteiger partial charge on any atom is 0.252 e. The Bertz CT molecular complexity index is 569. The molecule has 0 aliphatic heterocycles. The van der Waals surface area contributed by atoms with Gasteiger partial charge in [-0.1, -0.05) is 56.7 Å². The maximum atomic E-state index is 11.0. The zero-order chi connectivity index (χ0) is 14.5. The maximum absolute atomic E-state index is 11.0. The van der Waals surface area contributed by atoms with Crippen LogP contribution in [0.25, 0.3) is 11.1 Å². The Balaban J connectivity index is 2.15. The molecule has 0 heterocycles. The van der Waals surface area contributed by atoms with E-state index in [0.29, 0.717) is 5.56 Å². The van der Waals surface area contributed by atoms with Gasteiger partial charge in [0, 0.05) is 5.56 Å². The fourth-order valence-electron chi connectivity index (χ4n) is 2.17. The van der Waals surface area contributed by atoms with E-state index in [1.54, 1.807) is 12.1 Å². The highest BCUT2D eigenvalue weighted by Crippen LogP contribution is 2.22. The molecule has 0 saturated heterocycles. The second-order valence-electron chi connectivity index (χ2n) is 5.27. The van der Waals surface area contributed by atoms with E-state index in [4.69, 9.17) is 11.6 Å². The van der Waals surface area contributed by atoms with E-state index in [9.17, 15) is 4.79 Å². The molecule has 0 unspecified atom stereocenters. The van der Waals surface area contributed by atoms with Gasteiger partial charge in [0.2, 0.25) is 0 Å². The van der Waals surface area contributed by atoms with Crippen molar-refractivity contribution in [3.05, 3.63) is 59.7 Å². The highest BCUT2D eigenvalue weighted by atomic mass is 35.5. The summed E-state index contributed by atoms with van der Waals surface area (Å²) in [5, 5.41) is -0.416. The fourth-order valence-corrected chi connectivity index (χ4v) is 2.30. The lowest BCUT2D eigenvalue weighted by Gasteiger charge is -2.09. The molecule has 2 aromatic carbocycles. The lowest BCUT2D eigenvalue weighted by molar-refractivity contribution is 0.108. The Morgan fingerprint density at radius 3 is 1.95 bits per heavy atom. The molecule has 2 rings (SSSR count). The van der Waals surface area contributed by atoms with Crippen molar-refractivity contribution in [1.29, 1.82) is 0 Å². The second kappa shape index (κ2) is 6.71. The van der Waals surface area contributed by atoms with Gasteiger partial charge in [-0.3, -0.25) is 4.79 Å². The lowest BCUT2D eigenvalue weighted by Crippen LogP contribution is -1.97. The van der Waals surface area contributed by atoms with Crippen molar-refractivity contribution in [2.75, 3.05) is 0 Å². The average molecular weight is 287 g/mol. The Kier molecular flexibility index (Phi) is 4.97. The van der Waals surface area contributed by atoms with Gasteiger partial charge in [-0.05, 0) is 52.8 Å². The van der Waals surface area contributed by atoms with E-state index < -0.39 is 5.24 Å². The van der Waals surface area contributed by atoms with Gasteiger partial charge < -0.3 is 0 Å². The topological polar surface area (TPSA) is 17.1 Å². The molecule has 0 aliphatic carbocycles. The Labute approximate surface area is 125 Å². The van der Waals surface area contributed by atoms with Crippen molar-refractivity contribution in [3.8, 4) is 11.1 Å². The van der Waals surface area contributed by atoms with Gasteiger partial charge >= 0.3 is 0 Å². The number of rotatable bonds is 5. The van der Waals surface area contributed by atoms with Gasteiger partial charge in [0.1, 0.15) is 0 Å². The number of carbonyl (C=O) groups excluding carboxylic acids is 1.